The largest absolute Gasteiger partial charge is 0.368 e. The van der Waals surface area contributed by atoms with Crippen molar-refractivity contribution in [2.24, 2.45) is 0 Å². The van der Waals surface area contributed by atoms with Gasteiger partial charge in [0.25, 0.3) is 0 Å². The van der Waals surface area contributed by atoms with E-state index in [0.29, 0.717) is 5.92 Å². The van der Waals surface area contributed by atoms with Crippen LogP contribution >= 0.6 is 0 Å². The number of para-hydroxylation sites is 1. The number of hydrogen-bond donors (Lipinski definition) is 1. The van der Waals surface area contributed by atoms with Crippen LogP contribution in [0.2, 0.25) is 0 Å². The molecule has 116 valence electrons. The molecule has 21 heavy (non-hydrogen) atoms. The molecule has 1 aliphatic rings. The minimum Gasteiger partial charge on any atom is -0.368 e. The third kappa shape index (κ3) is 3.90. The Morgan fingerprint density at radius 3 is 2.48 bits per heavy atom. The van der Waals surface area contributed by atoms with E-state index in [4.69, 9.17) is 0 Å². The molecular weight excluding hydrogens is 262 g/mol. The molecule has 1 saturated heterocycles. The van der Waals surface area contributed by atoms with Gasteiger partial charge in [-0.2, -0.15) is 0 Å². The normalized spacial score (nSPS) is 15.4. The number of anilines is 1. The van der Waals surface area contributed by atoms with E-state index in [9.17, 15) is 4.79 Å². The quantitative estimate of drug-likeness (QED) is 0.924. The fraction of sp³-hybridized carbons (Fsp3) is 0.588. The summed E-state index contributed by atoms with van der Waals surface area (Å²) in [6.45, 7) is 10.7. The highest BCUT2D eigenvalue weighted by Gasteiger charge is 2.22. The van der Waals surface area contributed by atoms with Gasteiger partial charge in [0, 0.05) is 38.4 Å². The van der Waals surface area contributed by atoms with Crippen LogP contribution in [-0.2, 0) is 0 Å². The molecule has 0 aromatic heterocycles. The highest BCUT2D eigenvalue weighted by atomic mass is 16.2. The summed E-state index contributed by atoms with van der Waals surface area (Å²) < 4.78 is 0. The molecule has 1 aliphatic heterocycles. The Morgan fingerprint density at radius 2 is 1.86 bits per heavy atom. The van der Waals surface area contributed by atoms with E-state index in [1.165, 1.54) is 11.3 Å². The first kappa shape index (κ1) is 15.7. The smallest absolute Gasteiger partial charge is 0.317 e. The molecule has 0 aliphatic carbocycles. The van der Waals surface area contributed by atoms with Crippen LogP contribution in [0.3, 0.4) is 0 Å². The lowest BCUT2D eigenvalue weighted by atomic mass is 10.00. The van der Waals surface area contributed by atoms with Crippen LogP contribution in [0.25, 0.3) is 0 Å². The molecule has 2 rings (SSSR count). The summed E-state index contributed by atoms with van der Waals surface area (Å²) in [5.41, 5.74) is 2.71. The van der Waals surface area contributed by atoms with Crippen LogP contribution in [-0.4, -0.2) is 43.7 Å². The average Bonchev–Trinajstić information content (AvgIpc) is 2.52. The Hall–Kier alpha value is -1.71. The van der Waals surface area contributed by atoms with Gasteiger partial charge < -0.3 is 15.1 Å². The molecule has 0 unspecified atom stereocenters. The monoisotopic (exact) mass is 289 g/mol. The summed E-state index contributed by atoms with van der Waals surface area (Å²) >= 11 is 0. The van der Waals surface area contributed by atoms with Gasteiger partial charge in [0.05, 0.1) is 0 Å². The molecule has 2 amide bonds. The number of benzene rings is 1. The summed E-state index contributed by atoms with van der Waals surface area (Å²) in [6.07, 6.45) is 0.980. The Balaban J connectivity index is 1.97. The number of hydrogen-bond acceptors (Lipinski definition) is 2. The summed E-state index contributed by atoms with van der Waals surface area (Å²) in [4.78, 5) is 16.3. The van der Waals surface area contributed by atoms with Crippen molar-refractivity contribution in [1.82, 2.24) is 10.2 Å². The second-order valence-corrected chi connectivity index (χ2v) is 5.92. The van der Waals surface area contributed by atoms with Crippen LogP contribution in [0, 0.1) is 0 Å². The summed E-state index contributed by atoms with van der Waals surface area (Å²) in [7, 11) is 0. The Labute approximate surface area is 128 Å². The zero-order chi connectivity index (χ0) is 15.2. The summed E-state index contributed by atoms with van der Waals surface area (Å²) in [5.74, 6) is 0.520. The first-order valence-electron chi connectivity index (χ1n) is 8.00. The average molecular weight is 289 g/mol. The van der Waals surface area contributed by atoms with Crippen LogP contribution < -0.4 is 10.2 Å². The van der Waals surface area contributed by atoms with Crippen molar-refractivity contribution in [2.45, 2.75) is 33.1 Å². The minimum atomic E-state index is 0.0774. The van der Waals surface area contributed by atoms with Crippen LogP contribution in [0.4, 0.5) is 10.5 Å². The van der Waals surface area contributed by atoms with Crippen molar-refractivity contribution < 1.29 is 4.79 Å². The number of rotatable bonds is 4. The minimum absolute atomic E-state index is 0.0774. The maximum absolute atomic E-state index is 12.0. The van der Waals surface area contributed by atoms with Gasteiger partial charge in [-0.1, -0.05) is 39.0 Å². The lowest BCUT2D eigenvalue weighted by Gasteiger charge is -2.37. The molecule has 1 heterocycles. The second kappa shape index (κ2) is 7.34. The van der Waals surface area contributed by atoms with E-state index in [1.807, 2.05) is 4.90 Å². The first-order chi connectivity index (χ1) is 10.1. The highest BCUT2D eigenvalue weighted by molar-refractivity contribution is 5.74. The van der Waals surface area contributed by atoms with E-state index in [-0.39, 0.29) is 6.03 Å². The van der Waals surface area contributed by atoms with Gasteiger partial charge in [0.1, 0.15) is 0 Å². The van der Waals surface area contributed by atoms with Gasteiger partial charge in [0.2, 0.25) is 0 Å². The maximum atomic E-state index is 12.0. The maximum Gasteiger partial charge on any atom is 0.317 e. The van der Waals surface area contributed by atoms with Crippen molar-refractivity contribution in [3.05, 3.63) is 29.8 Å². The van der Waals surface area contributed by atoms with Crippen molar-refractivity contribution in [3.8, 4) is 0 Å². The van der Waals surface area contributed by atoms with Crippen molar-refractivity contribution >= 4 is 11.7 Å². The van der Waals surface area contributed by atoms with Gasteiger partial charge in [0.15, 0.2) is 0 Å². The molecule has 1 aromatic carbocycles. The molecule has 0 bridgehead atoms. The van der Waals surface area contributed by atoms with E-state index >= 15 is 0 Å². The lowest BCUT2D eigenvalue weighted by molar-refractivity contribution is 0.194. The van der Waals surface area contributed by atoms with Crippen LogP contribution in [0.15, 0.2) is 24.3 Å². The third-order valence-electron chi connectivity index (χ3n) is 3.99. The molecule has 4 nitrogen and oxygen atoms in total. The van der Waals surface area contributed by atoms with E-state index in [2.05, 4.69) is 55.3 Å². The van der Waals surface area contributed by atoms with E-state index < -0.39 is 0 Å². The van der Waals surface area contributed by atoms with Gasteiger partial charge in [-0.3, -0.25) is 0 Å². The van der Waals surface area contributed by atoms with Crippen molar-refractivity contribution in [2.75, 3.05) is 37.6 Å². The third-order valence-corrected chi connectivity index (χ3v) is 3.99. The number of piperazine rings is 1. The number of amides is 2. The van der Waals surface area contributed by atoms with Gasteiger partial charge in [-0.25, -0.2) is 4.79 Å². The van der Waals surface area contributed by atoms with Crippen LogP contribution in [0.5, 0.6) is 0 Å². The van der Waals surface area contributed by atoms with Gasteiger partial charge in [-0.15, -0.1) is 0 Å². The topological polar surface area (TPSA) is 35.6 Å². The molecule has 0 saturated carbocycles. The molecule has 1 fully saturated rings. The zero-order valence-corrected chi connectivity index (χ0v) is 13.4. The molecule has 1 aromatic rings. The molecule has 0 spiro atoms. The summed E-state index contributed by atoms with van der Waals surface area (Å²) in [5, 5.41) is 2.95. The van der Waals surface area contributed by atoms with Gasteiger partial charge >= 0.3 is 6.03 Å². The van der Waals surface area contributed by atoms with E-state index in [1.54, 1.807) is 0 Å². The molecule has 0 atom stereocenters. The standard InChI is InChI=1S/C17H27N3O/c1-4-9-18-17(21)20-12-10-19(11-13-20)16-8-6-5-7-15(16)14(2)3/h5-8,14H,4,9-13H2,1-3H3,(H,18,21). The Kier molecular flexibility index (Phi) is 5.48. The van der Waals surface area contributed by atoms with Crippen molar-refractivity contribution in [1.29, 1.82) is 0 Å². The predicted octanol–water partition coefficient (Wildman–Crippen LogP) is 3.05. The fourth-order valence-corrected chi connectivity index (χ4v) is 2.76. The number of nitrogens with zero attached hydrogens (tertiary/aromatic N) is 2. The second-order valence-electron chi connectivity index (χ2n) is 5.92. The zero-order valence-electron chi connectivity index (χ0n) is 13.4. The Bertz CT molecular complexity index is 465. The lowest BCUT2D eigenvalue weighted by Crippen LogP contribution is -2.52. The first-order valence-corrected chi connectivity index (χ1v) is 8.00. The molecule has 1 N–H and O–H groups in total. The highest BCUT2D eigenvalue weighted by Crippen LogP contribution is 2.27. The number of carbonyl (C=O) groups excluding carboxylic acids is 1. The summed E-state index contributed by atoms with van der Waals surface area (Å²) in [6, 6.07) is 8.69. The fourth-order valence-electron chi connectivity index (χ4n) is 2.76. The number of carbonyl (C=O) groups is 1. The number of nitrogens with one attached hydrogen (secondary N) is 1. The molecular formula is C17H27N3O. The predicted molar refractivity (Wildman–Crippen MR) is 88.0 cm³/mol. The van der Waals surface area contributed by atoms with Gasteiger partial charge in [-0.05, 0) is 24.0 Å². The molecule has 4 heteroatoms. The molecule has 0 radical (unpaired) electrons. The van der Waals surface area contributed by atoms with Crippen LogP contribution in [0.1, 0.15) is 38.7 Å². The number of urea groups is 1. The Morgan fingerprint density at radius 1 is 1.19 bits per heavy atom. The SMILES string of the molecule is CCCNC(=O)N1CCN(c2ccccc2C(C)C)CC1. The van der Waals surface area contributed by atoms with E-state index in [0.717, 1.165) is 39.1 Å². The van der Waals surface area contributed by atoms with Crippen molar-refractivity contribution in [3.63, 3.8) is 0 Å².